The van der Waals surface area contributed by atoms with Crippen molar-refractivity contribution in [1.29, 1.82) is 0 Å². The van der Waals surface area contributed by atoms with Gasteiger partial charge in [-0.15, -0.1) is 0 Å². The lowest BCUT2D eigenvalue weighted by atomic mass is 10.0. The minimum atomic E-state index is 0.0577. The van der Waals surface area contributed by atoms with Crippen molar-refractivity contribution in [1.82, 2.24) is 4.90 Å². The van der Waals surface area contributed by atoms with E-state index in [0.717, 1.165) is 19.4 Å². The lowest BCUT2D eigenvalue weighted by Gasteiger charge is -2.19. The molecule has 0 aromatic carbocycles. The molecule has 3 heteroatoms. The second kappa shape index (κ2) is 7.42. The lowest BCUT2D eigenvalue weighted by molar-refractivity contribution is -0.133. The minimum Gasteiger partial charge on any atom is -0.346 e. The van der Waals surface area contributed by atoms with Crippen molar-refractivity contribution >= 4 is 11.7 Å². The largest absolute Gasteiger partial charge is 0.346 e. The summed E-state index contributed by atoms with van der Waals surface area (Å²) in [6.07, 6.45) is 2.43. The van der Waals surface area contributed by atoms with Crippen molar-refractivity contribution in [2.45, 2.75) is 47.0 Å². The summed E-state index contributed by atoms with van der Waals surface area (Å²) in [5.74, 6) is 0.686. The number of rotatable bonds is 7. The van der Waals surface area contributed by atoms with Gasteiger partial charge in [-0.3, -0.25) is 9.59 Å². The molecule has 0 aromatic heterocycles. The number of nitrogens with zero attached hydrogens (tertiary/aromatic N) is 1. The molecule has 0 radical (unpaired) electrons. The predicted molar refractivity (Wildman–Crippen MR) is 66.2 cm³/mol. The van der Waals surface area contributed by atoms with Crippen molar-refractivity contribution in [2.75, 3.05) is 13.6 Å². The molecule has 0 unspecified atom stereocenters. The van der Waals surface area contributed by atoms with Gasteiger partial charge in [0.25, 0.3) is 0 Å². The van der Waals surface area contributed by atoms with Crippen LogP contribution in [0, 0.1) is 11.8 Å². The predicted octanol–water partition coefficient (Wildman–Crippen LogP) is 2.50. The number of hydrogen-bond acceptors (Lipinski definition) is 2. The van der Waals surface area contributed by atoms with Crippen LogP contribution in [0.1, 0.15) is 47.0 Å². The highest BCUT2D eigenvalue weighted by molar-refractivity contribution is 5.80. The van der Waals surface area contributed by atoms with Crippen molar-refractivity contribution in [2.24, 2.45) is 11.8 Å². The van der Waals surface area contributed by atoms with Gasteiger partial charge in [0.2, 0.25) is 5.91 Å². The maximum atomic E-state index is 11.5. The van der Waals surface area contributed by atoms with Gasteiger partial charge in [0.1, 0.15) is 5.78 Å². The molecular weight excluding hydrogens is 202 g/mol. The van der Waals surface area contributed by atoms with Gasteiger partial charge in [0.15, 0.2) is 0 Å². The Kier molecular flexibility index (Phi) is 7.02. The first-order chi connectivity index (χ1) is 7.36. The Labute approximate surface area is 99.2 Å². The van der Waals surface area contributed by atoms with Crippen molar-refractivity contribution in [3.8, 4) is 0 Å². The molecule has 1 amide bonds. The Morgan fingerprint density at radius 2 is 1.56 bits per heavy atom. The fourth-order valence-corrected chi connectivity index (χ4v) is 1.49. The fourth-order valence-electron chi connectivity index (χ4n) is 1.49. The molecule has 0 aliphatic rings. The van der Waals surface area contributed by atoms with Gasteiger partial charge in [-0.25, -0.2) is 0 Å². The first-order valence-electron chi connectivity index (χ1n) is 6.14. The zero-order chi connectivity index (χ0) is 12.7. The van der Waals surface area contributed by atoms with E-state index in [9.17, 15) is 9.59 Å². The second-order valence-electron chi connectivity index (χ2n) is 4.99. The molecule has 94 valence electrons. The molecule has 0 saturated heterocycles. The van der Waals surface area contributed by atoms with E-state index in [-0.39, 0.29) is 17.7 Å². The van der Waals surface area contributed by atoms with Gasteiger partial charge in [0, 0.05) is 31.8 Å². The number of Topliss-reactive ketones (excluding diaryl/α,β-unsaturated/α-hetero) is 1. The molecule has 0 heterocycles. The quantitative estimate of drug-likeness (QED) is 0.627. The Morgan fingerprint density at radius 1 is 1.00 bits per heavy atom. The van der Waals surface area contributed by atoms with E-state index in [2.05, 4.69) is 0 Å². The summed E-state index contributed by atoms with van der Waals surface area (Å²) >= 11 is 0. The average molecular weight is 227 g/mol. The highest BCUT2D eigenvalue weighted by Gasteiger charge is 2.12. The van der Waals surface area contributed by atoms with Crippen LogP contribution in [0.25, 0.3) is 0 Å². The van der Waals surface area contributed by atoms with Crippen LogP contribution >= 0.6 is 0 Å². The molecule has 0 atom stereocenters. The van der Waals surface area contributed by atoms with Gasteiger partial charge < -0.3 is 4.90 Å². The molecule has 0 N–H and O–H groups in total. The van der Waals surface area contributed by atoms with E-state index in [1.165, 1.54) is 0 Å². The molecule has 0 fully saturated rings. The van der Waals surface area contributed by atoms with Crippen LogP contribution in [-0.4, -0.2) is 30.2 Å². The zero-order valence-electron chi connectivity index (χ0n) is 11.2. The van der Waals surface area contributed by atoms with E-state index >= 15 is 0 Å². The van der Waals surface area contributed by atoms with E-state index in [1.807, 2.05) is 34.7 Å². The molecule has 0 aliphatic heterocycles. The van der Waals surface area contributed by atoms with Gasteiger partial charge >= 0.3 is 0 Å². The number of carbonyl (C=O) groups excluding carboxylic acids is 2. The molecule has 0 aliphatic carbocycles. The molecule has 0 bridgehead atoms. The summed E-state index contributed by atoms with van der Waals surface area (Å²) < 4.78 is 0. The molecule has 0 aromatic rings. The maximum Gasteiger partial charge on any atom is 0.224 e. The minimum absolute atomic E-state index is 0.0577. The lowest BCUT2D eigenvalue weighted by Crippen LogP contribution is -2.31. The van der Waals surface area contributed by atoms with Crippen LogP contribution < -0.4 is 0 Å². The molecular formula is C13H25NO2. The van der Waals surface area contributed by atoms with Gasteiger partial charge in [0.05, 0.1) is 0 Å². The number of hydrogen-bond donors (Lipinski definition) is 0. The second-order valence-corrected chi connectivity index (χ2v) is 4.99. The van der Waals surface area contributed by atoms with Crippen molar-refractivity contribution in [3.63, 3.8) is 0 Å². The third kappa shape index (κ3) is 5.89. The van der Waals surface area contributed by atoms with Crippen molar-refractivity contribution in [3.05, 3.63) is 0 Å². The van der Waals surface area contributed by atoms with Crippen LogP contribution in [0.2, 0.25) is 0 Å². The summed E-state index contributed by atoms with van der Waals surface area (Å²) in [6.45, 7) is 8.41. The first kappa shape index (κ1) is 15.1. The van der Waals surface area contributed by atoms with Crippen LogP contribution in [0.5, 0.6) is 0 Å². The maximum absolute atomic E-state index is 11.5. The van der Waals surface area contributed by atoms with Crippen LogP contribution in [0.4, 0.5) is 0 Å². The van der Waals surface area contributed by atoms with E-state index in [4.69, 9.17) is 0 Å². The zero-order valence-corrected chi connectivity index (χ0v) is 11.2. The molecule has 0 saturated carbocycles. The van der Waals surface area contributed by atoms with E-state index < -0.39 is 0 Å². The Morgan fingerprint density at radius 3 is 2.00 bits per heavy atom. The van der Waals surface area contributed by atoms with Crippen molar-refractivity contribution < 1.29 is 9.59 Å². The molecule has 0 rings (SSSR count). The normalized spacial score (nSPS) is 10.9. The number of amides is 1. The molecule has 16 heavy (non-hydrogen) atoms. The standard InChI is InChI=1S/C13H25NO2/c1-10(2)12(15)8-6-7-9-14(5)13(16)11(3)4/h10-11H,6-9H2,1-5H3. The monoisotopic (exact) mass is 227 g/mol. The van der Waals surface area contributed by atoms with Gasteiger partial charge in [-0.1, -0.05) is 27.7 Å². The highest BCUT2D eigenvalue weighted by atomic mass is 16.2. The van der Waals surface area contributed by atoms with Crippen LogP contribution in [0.15, 0.2) is 0 Å². The van der Waals surface area contributed by atoms with E-state index in [1.54, 1.807) is 4.90 Å². The first-order valence-corrected chi connectivity index (χ1v) is 6.14. The summed E-state index contributed by atoms with van der Waals surface area (Å²) in [7, 11) is 1.83. The number of ketones is 1. The summed E-state index contributed by atoms with van der Waals surface area (Å²) in [6, 6.07) is 0. The van der Waals surface area contributed by atoms with Crippen LogP contribution in [0.3, 0.4) is 0 Å². The smallest absolute Gasteiger partial charge is 0.224 e. The summed E-state index contributed by atoms with van der Waals surface area (Å²) in [5.41, 5.74) is 0. The average Bonchev–Trinajstić information content (AvgIpc) is 2.22. The third-order valence-corrected chi connectivity index (χ3v) is 2.68. The summed E-state index contributed by atoms with van der Waals surface area (Å²) in [4.78, 5) is 24.6. The Balaban J connectivity index is 3.67. The SMILES string of the molecule is CC(C)C(=O)CCCCN(C)C(=O)C(C)C. The van der Waals surface area contributed by atoms with Gasteiger partial charge in [-0.2, -0.15) is 0 Å². The number of carbonyl (C=O) groups is 2. The molecule has 0 spiro atoms. The van der Waals surface area contributed by atoms with Gasteiger partial charge in [-0.05, 0) is 12.8 Å². The highest BCUT2D eigenvalue weighted by Crippen LogP contribution is 2.06. The van der Waals surface area contributed by atoms with Crippen LogP contribution in [-0.2, 0) is 9.59 Å². The van der Waals surface area contributed by atoms with E-state index in [0.29, 0.717) is 12.2 Å². The Hall–Kier alpha value is -0.860. The molecule has 3 nitrogen and oxygen atoms in total. The topological polar surface area (TPSA) is 37.4 Å². The summed E-state index contributed by atoms with van der Waals surface area (Å²) in [5, 5.41) is 0. The third-order valence-electron chi connectivity index (χ3n) is 2.68. The Bertz CT molecular complexity index is 234. The number of unbranched alkanes of at least 4 members (excludes halogenated alkanes) is 1. The fraction of sp³-hybridized carbons (Fsp3) is 0.846.